The Morgan fingerprint density at radius 3 is 2.61 bits per heavy atom. The molecule has 4 heterocycles. The van der Waals surface area contributed by atoms with Crippen LogP contribution in [0.4, 0.5) is 17.5 Å². The fourth-order valence-corrected chi connectivity index (χ4v) is 3.04. The van der Waals surface area contributed by atoms with Crippen LogP contribution >= 0.6 is 0 Å². The van der Waals surface area contributed by atoms with Gasteiger partial charge < -0.3 is 15.1 Å². The Kier molecular flexibility index (Phi) is 5.09. The van der Waals surface area contributed by atoms with Gasteiger partial charge in [-0.05, 0) is 31.2 Å². The summed E-state index contributed by atoms with van der Waals surface area (Å²) in [6.07, 6.45) is 2.98. The van der Waals surface area contributed by atoms with Crippen LogP contribution < -0.4 is 10.2 Å². The van der Waals surface area contributed by atoms with Crippen LogP contribution in [0.2, 0.25) is 0 Å². The van der Waals surface area contributed by atoms with E-state index in [4.69, 9.17) is 0 Å². The van der Waals surface area contributed by atoms with Crippen LogP contribution in [0.15, 0.2) is 43.0 Å². The molecule has 1 saturated heterocycles. The molecule has 0 saturated carbocycles. The van der Waals surface area contributed by atoms with Crippen LogP contribution in [0.1, 0.15) is 5.69 Å². The predicted molar refractivity (Wildman–Crippen MR) is 103 cm³/mol. The summed E-state index contributed by atoms with van der Waals surface area (Å²) in [5.74, 6) is 2.22. The first-order chi connectivity index (χ1) is 13.7. The standard InChI is InChI=1S/C18H21N9O/c1-14-3-2-4-15(21-14)22-16-5-6-17(24-23-16)25-7-9-26(10-8-25)18(28)11-27-13-19-12-20-27/h2-6,12-13H,7-11H2,1H3,(H,21,22,23). The summed E-state index contributed by atoms with van der Waals surface area (Å²) in [5.41, 5.74) is 0.936. The zero-order valence-corrected chi connectivity index (χ0v) is 15.6. The summed E-state index contributed by atoms with van der Waals surface area (Å²) in [7, 11) is 0. The van der Waals surface area contributed by atoms with Gasteiger partial charge in [0.15, 0.2) is 11.6 Å². The van der Waals surface area contributed by atoms with Gasteiger partial charge in [0.2, 0.25) is 5.91 Å². The lowest BCUT2D eigenvalue weighted by molar-refractivity contribution is -0.132. The SMILES string of the molecule is Cc1cccc(Nc2ccc(N3CCN(C(=O)Cn4cncn4)CC3)nn2)n1. The van der Waals surface area contributed by atoms with Crippen LogP contribution in [-0.2, 0) is 11.3 Å². The summed E-state index contributed by atoms with van der Waals surface area (Å²) in [6, 6.07) is 9.58. The van der Waals surface area contributed by atoms with E-state index in [1.165, 1.54) is 11.0 Å². The van der Waals surface area contributed by atoms with Crippen molar-refractivity contribution in [3.8, 4) is 0 Å². The maximum absolute atomic E-state index is 12.3. The summed E-state index contributed by atoms with van der Waals surface area (Å²) in [4.78, 5) is 24.5. The Bertz CT molecular complexity index is 918. The molecule has 10 heteroatoms. The molecule has 144 valence electrons. The lowest BCUT2D eigenvalue weighted by Gasteiger charge is -2.35. The Labute approximate surface area is 162 Å². The van der Waals surface area contributed by atoms with Crippen LogP contribution in [-0.4, -0.2) is 66.9 Å². The number of hydrogen-bond acceptors (Lipinski definition) is 8. The second-order valence-corrected chi connectivity index (χ2v) is 6.53. The van der Waals surface area contributed by atoms with Crippen LogP contribution in [0, 0.1) is 6.92 Å². The fourth-order valence-electron chi connectivity index (χ4n) is 3.04. The zero-order chi connectivity index (χ0) is 19.3. The van der Waals surface area contributed by atoms with Gasteiger partial charge in [0.25, 0.3) is 0 Å². The molecule has 1 fully saturated rings. The predicted octanol–water partition coefficient (Wildman–Crippen LogP) is 0.864. The molecule has 0 aromatic carbocycles. The van der Waals surface area contributed by atoms with E-state index in [9.17, 15) is 4.79 Å². The Balaban J connectivity index is 1.31. The number of carbonyl (C=O) groups is 1. The van der Waals surface area contributed by atoms with E-state index in [2.05, 4.69) is 35.5 Å². The molecule has 1 aliphatic rings. The molecule has 1 N–H and O–H groups in total. The first kappa shape index (κ1) is 17.8. The maximum Gasteiger partial charge on any atom is 0.244 e. The number of hydrogen-bond donors (Lipinski definition) is 1. The van der Waals surface area contributed by atoms with Crippen molar-refractivity contribution < 1.29 is 4.79 Å². The first-order valence-electron chi connectivity index (χ1n) is 9.07. The highest BCUT2D eigenvalue weighted by Crippen LogP contribution is 2.17. The fraction of sp³-hybridized carbons (Fsp3) is 0.333. The highest BCUT2D eigenvalue weighted by atomic mass is 16.2. The molecule has 1 aliphatic heterocycles. The van der Waals surface area contributed by atoms with Crippen LogP contribution in [0.5, 0.6) is 0 Å². The molecule has 0 spiro atoms. The molecule has 0 aliphatic carbocycles. The number of pyridine rings is 1. The number of rotatable bonds is 5. The second kappa shape index (κ2) is 7.99. The van der Waals surface area contributed by atoms with Gasteiger partial charge in [-0.15, -0.1) is 10.2 Å². The molecule has 0 radical (unpaired) electrons. The molecule has 28 heavy (non-hydrogen) atoms. The van der Waals surface area contributed by atoms with E-state index < -0.39 is 0 Å². The minimum atomic E-state index is 0.0430. The Morgan fingerprint density at radius 1 is 1.07 bits per heavy atom. The molecule has 3 aromatic heterocycles. The Hall–Kier alpha value is -3.56. The van der Waals surface area contributed by atoms with Crippen molar-refractivity contribution in [1.29, 1.82) is 0 Å². The molecule has 0 bridgehead atoms. The molecular weight excluding hydrogens is 358 g/mol. The number of carbonyl (C=O) groups excluding carboxylic acids is 1. The molecule has 1 amide bonds. The van der Waals surface area contributed by atoms with Crippen molar-refractivity contribution in [2.75, 3.05) is 36.4 Å². The van der Waals surface area contributed by atoms with Crippen molar-refractivity contribution in [3.05, 3.63) is 48.7 Å². The van der Waals surface area contributed by atoms with Gasteiger partial charge in [-0.2, -0.15) is 5.10 Å². The van der Waals surface area contributed by atoms with E-state index >= 15 is 0 Å². The summed E-state index contributed by atoms with van der Waals surface area (Å²) < 4.78 is 1.54. The zero-order valence-electron chi connectivity index (χ0n) is 15.6. The lowest BCUT2D eigenvalue weighted by atomic mass is 10.3. The number of aryl methyl sites for hydroxylation is 1. The van der Waals surface area contributed by atoms with Gasteiger partial charge >= 0.3 is 0 Å². The highest BCUT2D eigenvalue weighted by molar-refractivity contribution is 5.76. The van der Waals surface area contributed by atoms with Crippen LogP contribution in [0.3, 0.4) is 0 Å². The van der Waals surface area contributed by atoms with Crippen molar-refractivity contribution in [1.82, 2.24) is 34.8 Å². The van der Waals surface area contributed by atoms with E-state index in [0.29, 0.717) is 32.0 Å². The van der Waals surface area contributed by atoms with Gasteiger partial charge in [0.05, 0.1) is 0 Å². The smallest absolute Gasteiger partial charge is 0.244 e. The van der Waals surface area contributed by atoms with Gasteiger partial charge in [-0.1, -0.05) is 6.07 Å². The topological polar surface area (TPSA) is 105 Å². The number of aromatic nitrogens is 6. The Morgan fingerprint density at radius 2 is 1.93 bits per heavy atom. The third kappa shape index (κ3) is 4.22. The monoisotopic (exact) mass is 379 g/mol. The minimum Gasteiger partial charge on any atom is -0.352 e. The quantitative estimate of drug-likeness (QED) is 0.696. The minimum absolute atomic E-state index is 0.0430. The number of nitrogens with one attached hydrogen (secondary N) is 1. The average molecular weight is 379 g/mol. The number of piperazine rings is 1. The summed E-state index contributed by atoms with van der Waals surface area (Å²) in [5, 5.41) is 15.7. The van der Waals surface area contributed by atoms with Crippen molar-refractivity contribution >= 4 is 23.4 Å². The van der Waals surface area contributed by atoms with Crippen molar-refractivity contribution in [2.24, 2.45) is 0 Å². The molecule has 3 aromatic rings. The number of amides is 1. The maximum atomic E-state index is 12.3. The van der Waals surface area contributed by atoms with Gasteiger partial charge in [-0.25, -0.2) is 14.6 Å². The lowest BCUT2D eigenvalue weighted by Crippen LogP contribution is -2.49. The van der Waals surface area contributed by atoms with Gasteiger partial charge in [0, 0.05) is 31.9 Å². The van der Waals surface area contributed by atoms with E-state index in [1.54, 1.807) is 6.33 Å². The van der Waals surface area contributed by atoms with Gasteiger partial charge in [-0.3, -0.25) is 4.79 Å². The molecule has 0 atom stereocenters. The van der Waals surface area contributed by atoms with Crippen molar-refractivity contribution in [3.63, 3.8) is 0 Å². The van der Waals surface area contributed by atoms with E-state index in [1.807, 2.05) is 42.2 Å². The average Bonchev–Trinajstić information content (AvgIpc) is 3.22. The normalized spacial score (nSPS) is 14.2. The molecule has 0 unspecified atom stereocenters. The third-order valence-corrected chi connectivity index (χ3v) is 4.52. The number of nitrogens with zero attached hydrogens (tertiary/aromatic N) is 8. The molecular formula is C18H21N9O. The van der Waals surface area contributed by atoms with Crippen molar-refractivity contribution in [2.45, 2.75) is 13.5 Å². The molecule has 10 nitrogen and oxygen atoms in total. The summed E-state index contributed by atoms with van der Waals surface area (Å²) >= 11 is 0. The third-order valence-electron chi connectivity index (χ3n) is 4.52. The highest BCUT2D eigenvalue weighted by Gasteiger charge is 2.22. The number of anilines is 3. The van der Waals surface area contributed by atoms with Gasteiger partial charge in [0.1, 0.15) is 25.0 Å². The second-order valence-electron chi connectivity index (χ2n) is 6.53. The first-order valence-corrected chi connectivity index (χ1v) is 9.07. The van der Waals surface area contributed by atoms with Crippen LogP contribution in [0.25, 0.3) is 0 Å². The van der Waals surface area contributed by atoms with E-state index in [-0.39, 0.29) is 12.5 Å². The largest absolute Gasteiger partial charge is 0.352 e. The molecule has 4 rings (SSSR count). The summed E-state index contributed by atoms with van der Waals surface area (Å²) in [6.45, 7) is 4.86. The van der Waals surface area contributed by atoms with E-state index in [0.717, 1.165) is 17.3 Å².